The predicted molar refractivity (Wildman–Crippen MR) is 162 cm³/mol. The molecule has 5 rings (SSSR count). The molecule has 1 fully saturated rings. The lowest BCUT2D eigenvalue weighted by Gasteiger charge is -2.36. The van der Waals surface area contributed by atoms with Gasteiger partial charge in [0.25, 0.3) is 11.8 Å². The van der Waals surface area contributed by atoms with Gasteiger partial charge < -0.3 is 10.0 Å². The summed E-state index contributed by atoms with van der Waals surface area (Å²) in [6.45, 7) is 1.20. The van der Waals surface area contributed by atoms with Gasteiger partial charge in [0, 0.05) is 11.8 Å². The summed E-state index contributed by atoms with van der Waals surface area (Å²) < 4.78 is 18.8. The zero-order valence-corrected chi connectivity index (χ0v) is 25.1. The molecule has 0 aliphatic carbocycles. The van der Waals surface area contributed by atoms with Crippen LogP contribution in [-0.2, 0) is 25.1 Å². The smallest absolute Gasteiger partial charge is 0.480 e. The molecule has 1 saturated heterocycles. The fraction of sp³-hybridized carbons (Fsp3) is 0.290. The fourth-order valence-electron chi connectivity index (χ4n) is 5.41. The van der Waals surface area contributed by atoms with Gasteiger partial charge in [0.1, 0.15) is 24.1 Å². The van der Waals surface area contributed by atoms with E-state index in [0.717, 1.165) is 11.1 Å². The van der Waals surface area contributed by atoms with Crippen molar-refractivity contribution in [2.75, 3.05) is 12.3 Å². The van der Waals surface area contributed by atoms with E-state index < -0.39 is 50.2 Å². The van der Waals surface area contributed by atoms with E-state index in [1.54, 1.807) is 31.2 Å². The number of thioether (sulfide) groups is 1. The van der Waals surface area contributed by atoms with Crippen LogP contribution in [0.15, 0.2) is 84.9 Å². The Morgan fingerprint density at radius 1 is 0.977 bits per heavy atom. The molecule has 2 aliphatic heterocycles. The number of amides is 3. The van der Waals surface area contributed by atoms with Crippen molar-refractivity contribution in [1.82, 2.24) is 14.9 Å². The summed E-state index contributed by atoms with van der Waals surface area (Å²) in [7, 11) is -2.54. The molecule has 0 aromatic heterocycles. The van der Waals surface area contributed by atoms with Crippen LogP contribution in [0.5, 0.6) is 0 Å². The molecule has 5 atom stereocenters. The second-order valence-corrected chi connectivity index (χ2v) is 12.5. The molecule has 3 aromatic rings. The van der Waals surface area contributed by atoms with E-state index in [0.29, 0.717) is 17.5 Å². The molecule has 12 heteroatoms. The number of carbonyl (C=O) groups is 4. The first kappa shape index (κ1) is 30.6. The number of aliphatic carboxylic acids is 1. The van der Waals surface area contributed by atoms with Gasteiger partial charge in [0.15, 0.2) is 0 Å². The summed E-state index contributed by atoms with van der Waals surface area (Å²) in [5, 5.41) is 11.7. The highest BCUT2D eigenvalue weighted by molar-refractivity contribution is 7.99. The summed E-state index contributed by atoms with van der Waals surface area (Å²) in [6, 6.07) is 23.8. The number of rotatable bonds is 12. The Bertz CT molecular complexity index is 1490. The summed E-state index contributed by atoms with van der Waals surface area (Å²) in [4.78, 5) is 54.0. The molecule has 10 nitrogen and oxygen atoms in total. The monoisotopic (exact) mass is 620 g/mol. The lowest BCUT2D eigenvalue weighted by Crippen LogP contribution is -2.52. The van der Waals surface area contributed by atoms with E-state index in [-0.39, 0.29) is 24.0 Å². The molecular formula is C31H31N3O7PS+. The van der Waals surface area contributed by atoms with Crippen molar-refractivity contribution >= 4 is 43.6 Å². The Hall–Kier alpha value is -3.89. The van der Waals surface area contributed by atoms with E-state index in [1.165, 1.54) is 21.6 Å². The molecule has 43 heavy (non-hydrogen) atoms. The molecule has 3 amide bonds. The third-order valence-electron chi connectivity index (χ3n) is 7.32. The second kappa shape index (κ2) is 13.6. The molecule has 3 aromatic carbocycles. The number of hydrogen-bond acceptors (Lipinski definition) is 7. The maximum atomic E-state index is 13.3. The highest BCUT2D eigenvalue weighted by Gasteiger charge is 2.44. The summed E-state index contributed by atoms with van der Waals surface area (Å²) in [6.07, 6.45) is -0.0716. The number of carbonyl (C=O) groups excluding carboxylic acids is 3. The van der Waals surface area contributed by atoms with Crippen LogP contribution in [0.25, 0.3) is 0 Å². The van der Waals surface area contributed by atoms with E-state index >= 15 is 0 Å². The van der Waals surface area contributed by atoms with Gasteiger partial charge in [0.2, 0.25) is 5.91 Å². The van der Waals surface area contributed by atoms with Crippen LogP contribution < -0.4 is 5.09 Å². The van der Waals surface area contributed by atoms with E-state index in [2.05, 4.69) is 5.09 Å². The van der Waals surface area contributed by atoms with Crippen molar-refractivity contribution in [2.45, 2.75) is 43.3 Å². The lowest BCUT2D eigenvalue weighted by atomic mass is 9.99. The van der Waals surface area contributed by atoms with Gasteiger partial charge in [0.05, 0.1) is 11.1 Å². The molecule has 0 radical (unpaired) electrons. The Morgan fingerprint density at radius 3 is 2.16 bits per heavy atom. The Kier molecular flexibility index (Phi) is 9.67. The average Bonchev–Trinajstić information content (AvgIpc) is 3.25. The van der Waals surface area contributed by atoms with Crippen molar-refractivity contribution in [3.05, 3.63) is 107 Å². The molecule has 2 N–H and O–H groups in total. The average molecular weight is 621 g/mol. The van der Waals surface area contributed by atoms with E-state index in [4.69, 9.17) is 4.52 Å². The number of fused-ring (bicyclic) bond motifs is 1. The molecule has 2 aliphatic rings. The Labute approximate surface area is 254 Å². The summed E-state index contributed by atoms with van der Waals surface area (Å²) >= 11 is 1.38. The zero-order chi connectivity index (χ0) is 30.5. The number of nitrogens with zero attached hydrogens (tertiary/aromatic N) is 2. The van der Waals surface area contributed by atoms with Crippen LogP contribution in [0, 0.1) is 0 Å². The van der Waals surface area contributed by atoms with E-state index in [1.807, 2.05) is 60.7 Å². The molecule has 5 unspecified atom stereocenters. The first-order valence-corrected chi connectivity index (χ1v) is 16.1. The van der Waals surface area contributed by atoms with Gasteiger partial charge >= 0.3 is 14.1 Å². The summed E-state index contributed by atoms with van der Waals surface area (Å²) in [5.74, 6) is -2.14. The van der Waals surface area contributed by atoms with Gasteiger partial charge in [-0.15, -0.1) is 16.3 Å². The molecular weight excluding hydrogens is 589 g/mol. The highest BCUT2D eigenvalue weighted by atomic mass is 32.2. The van der Waals surface area contributed by atoms with Gasteiger partial charge in [-0.25, -0.2) is 0 Å². The van der Waals surface area contributed by atoms with Crippen molar-refractivity contribution in [3.8, 4) is 0 Å². The number of carboxylic acid groups (broad SMARTS) is 1. The normalized spacial score (nSPS) is 20.1. The number of nitrogens with one attached hydrogen (secondary N) is 1. The summed E-state index contributed by atoms with van der Waals surface area (Å²) in [5.41, 5.74) is 2.42. The van der Waals surface area contributed by atoms with Crippen molar-refractivity contribution in [1.29, 1.82) is 0 Å². The number of imide groups is 1. The third-order valence-corrected chi connectivity index (χ3v) is 9.76. The number of hydrogen-bond donors (Lipinski definition) is 2. The fourth-order valence-corrected chi connectivity index (χ4v) is 7.77. The van der Waals surface area contributed by atoms with Gasteiger partial charge in [-0.3, -0.25) is 24.1 Å². The molecule has 222 valence electrons. The SMILES string of the molecule is CC(CC(Cc1ccccc1)N1C(=O)c2ccccc2C1=O)O[P+](=O)NC1CSC(c2ccccc2)N(CC(=O)O)C1=O. The standard InChI is InChI=1S/C31H30N3O7PS/c1-20(16-23(17-21-10-4-2-5-11-21)34-28(37)24-14-8-9-15-25(24)29(34)38)41-42(40)32-26-19-43-31(22-12-6-3-7-13-22)33(30(26)39)18-27(35)36/h2-15,20,23,26,31H,16-19H2,1H3,(H-,32,35,36,40)/p+1. The molecule has 0 bridgehead atoms. The Balaban J connectivity index is 1.26. The van der Waals surface area contributed by atoms with Crippen molar-refractivity contribution in [2.24, 2.45) is 0 Å². The highest BCUT2D eigenvalue weighted by Crippen LogP contribution is 2.39. The minimum atomic E-state index is -2.54. The van der Waals surface area contributed by atoms with Crippen molar-refractivity contribution < 1.29 is 33.4 Å². The van der Waals surface area contributed by atoms with Crippen LogP contribution in [0.4, 0.5) is 0 Å². The van der Waals surface area contributed by atoms with Crippen LogP contribution in [0.1, 0.15) is 50.6 Å². The van der Waals surface area contributed by atoms with Gasteiger partial charge in [-0.05, 0) is 47.6 Å². The second-order valence-electron chi connectivity index (χ2n) is 10.4. The van der Waals surface area contributed by atoms with Gasteiger partial charge in [-0.1, -0.05) is 77.9 Å². The minimum Gasteiger partial charge on any atom is -0.480 e. The predicted octanol–water partition coefficient (Wildman–Crippen LogP) is 4.66. The molecule has 2 heterocycles. The Morgan fingerprint density at radius 2 is 1.56 bits per heavy atom. The number of carboxylic acids is 1. The van der Waals surface area contributed by atoms with Crippen LogP contribution >= 0.6 is 19.9 Å². The number of benzene rings is 3. The lowest BCUT2D eigenvalue weighted by molar-refractivity contribution is -0.145. The zero-order valence-electron chi connectivity index (χ0n) is 23.4. The largest absolute Gasteiger partial charge is 0.614 e. The third kappa shape index (κ3) is 7.02. The maximum Gasteiger partial charge on any atom is 0.614 e. The van der Waals surface area contributed by atoms with Crippen LogP contribution in [0.3, 0.4) is 0 Å². The van der Waals surface area contributed by atoms with Crippen LogP contribution in [0.2, 0.25) is 0 Å². The van der Waals surface area contributed by atoms with Crippen LogP contribution in [-0.4, -0.2) is 69.1 Å². The first-order chi connectivity index (χ1) is 20.7. The molecule has 0 spiro atoms. The maximum absolute atomic E-state index is 13.3. The molecule has 0 saturated carbocycles. The first-order valence-electron chi connectivity index (χ1n) is 13.8. The minimum absolute atomic E-state index is 0.206. The van der Waals surface area contributed by atoms with Crippen molar-refractivity contribution in [3.63, 3.8) is 0 Å². The quantitative estimate of drug-likeness (QED) is 0.219. The van der Waals surface area contributed by atoms with Gasteiger partial charge in [-0.2, -0.15) is 0 Å². The van der Waals surface area contributed by atoms with E-state index in [9.17, 15) is 28.8 Å². The topological polar surface area (TPSA) is 133 Å².